The molecule has 2 aromatic rings. The number of carbonyl (C=O) groups is 2. The molecule has 3 heterocycles. The van der Waals surface area contributed by atoms with Gasteiger partial charge in [-0.25, -0.2) is 5.01 Å². The van der Waals surface area contributed by atoms with Crippen LogP contribution in [0.15, 0.2) is 41.6 Å². The Morgan fingerprint density at radius 2 is 1.97 bits per heavy atom. The van der Waals surface area contributed by atoms with Crippen molar-refractivity contribution in [3.05, 3.63) is 58.9 Å². The second-order valence-corrected chi connectivity index (χ2v) is 9.08. The number of benzene rings is 1. The molecule has 2 atom stereocenters. The fraction of sp³-hybridized carbons (Fsp3) is 0.500. The zero-order valence-electron chi connectivity index (χ0n) is 20.1. The molecule has 0 aliphatic carbocycles. The third kappa shape index (κ3) is 4.88. The normalized spacial score (nSPS) is 21.2. The van der Waals surface area contributed by atoms with Crippen LogP contribution in [-0.2, 0) is 21.4 Å². The number of hydrazone groups is 1. The van der Waals surface area contributed by atoms with E-state index in [1.54, 1.807) is 5.01 Å². The number of likely N-dealkylation sites (tertiary alicyclic amines) is 1. The molecule has 2 aliphatic rings. The topological polar surface area (TPSA) is 67.1 Å². The van der Waals surface area contributed by atoms with Gasteiger partial charge in [-0.15, -0.1) is 0 Å². The minimum absolute atomic E-state index is 0.0868. The number of carbonyl (C=O) groups excluding carboxylic acids is 2. The van der Waals surface area contributed by atoms with Crippen molar-refractivity contribution in [1.29, 1.82) is 0 Å². The first-order valence-corrected chi connectivity index (χ1v) is 11.9. The molecule has 1 fully saturated rings. The molecule has 176 valence electrons. The van der Waals surface area contributed by atoms with E-state index in [-0.39, 0.29) is 30.5 Å². The maximum atomic E-state index is 13.6. The lowest BCUT2D eigenvalue weighted by molar-refractivity contribution is -0.152. The van der Waals surface area contributed by atoms with Crippen molar-refractivity contribution in [3.8, 4) is 0 Å². The minimum atomic E-state index is -0.359. The van der Waals surface area contributed by atoms with Crippen LogP contribution in [0, 0.1) is 13.8 Å². The van der Waals surface area contributed by atoms with Crippen molar-refractivity contribution in [3.63, 3.8) is 0 Å². The van der Waals surface area contributed by atoms with Crippen LogP contribution in [0.2, 0.25) is 0 Å². The van der Waals surface area contributed by atoms with Gasteiger partial charge in [0.2, 0.25) is 0 Å². The molecule has 0 spiro atoms. The zero-order chi connectivity index (χ0) is 23.5. The number of rotatable bonds is 6. The van der Waals surface area contributed by atoms with E-state index in [2.05, 4.69) is 32.0 Å². The van der Waals surface area contributed by atoms with Crippen LogP contribution in [0.25, 0.3) is 0 Å². The Morgan fingerprint density at radius 1 is 1.15 bits per heavy atom. The predicted octanol–water partition coefficient (Wildman–Crippen LogP) is 3.74. The number of aryl methyl sites for hydroxylation is 3. The SMILES string of the molecule is CCOC(=O)C1CCCCN1CC(=O)N1N=C(c2ccc(C)c(C)c2)CC1c1cccn1C. The van der Waals surface area contributed by atoms with Gasteiger partial charge in [-0.05, 0) is 75.0 Å². The molecule has 0 radical (unpaired) electrons. The number of esters is 1. The Bertz CT molecular complexity index is 1060. The van der Waals surface area contributed by atoms with Crippen LogP contribution in [0.3, 0.4) is 0 Å². The molecule has 0 N–H and O–H groups in total. The first kappa shape index (κ1) is 23.2. The van der Waals surface area contributed by atoms with Gasteiger partial charge in [0.05, 0.1) is 18.9 Å². The van der Waals surface area contributed by atoms with Gasteiger partial charge >= 0.3 is 5.97 Å². The van der Waals surface area contributed by atoms with Crippen molar-refractivity contribution >= 4 is 17.6 Å². The summed E-state index contributed by atoms with van der Waals surface area (Å²) in [6.45, 7) is 7.23. The average molecular weight is 451 g/mol. The zero-order valence-corrected chi connectivity index (χ0v) is 20.1. The van der Waals surface area contributed by atoms with Crippen LogP contribution in [-0.4, -0.2) is 57.8 Å². The van der Waals surface area contributed by atoms with Gasteiger partial charge in [0, 0.05) is 25.4 Å². The molecule has 1 aromatic heterocycles. The van der Waals surface area contributed by atoms with Crippen molar-refractivity contribution < 1.29 is 14.3 Å². The predicted molar refractivity (Wildman–Crippen MR) is 128 cm³/mol. The highest BCUT2D eigenvalue weighted by Gasteiger charge is 2.37. The summed E-state index contributed by atoms with van der Waals surface area (Å²) >= 11 is 0. The first-order valence-electron chi connectivity index (χ1n) is 11.9. The average Bonchev–Trinajstić information content (AvgIpc) is 3.42. The number of hydrogen-bond donors (Lipinski definition) is 0. The smallest absolute Gasteiger partial charge is 0.323 e. The summed E-state index contributed by atoms with van der Waals surface area (Å²) in [7, 11) is 1.99. The summed E-state index contributed by atoms with van der Waals surface area (Å²) in [6, 6.07) is 9.85. The lowest BCUT2D eigenvalue weighted by Crippen LogP contribution is -2.49. The Kier molecular flexibility index (Phi) is 6.98. The van der Waals surface area contributed by atoms with Gasteiger partial charge < -0.3 is 9.30 Å². The molecule has 2 unspecified atom stereocenters. The number of ether oxygens (including phenoxy) is 1. The molecule has 7 heteroatoms. The summed E-state index contributed by atoms with van der Waals surface area (Å²) in [4.78, 5) is 28.0. The Hall–Kier alpha value is -2.93. The molecule has 7 nitrogen and oxygen atoms in total. The molecule has 1 saturated heterocycles. The summed E-state index contributed by atoms with van der Waals surface area (Å²) in [5.74, 6) is -0.319. The number of amides is 1. The Labute approximate surface area is 196 Å². The highest BCUT2D eigenvalue weighted by Crippen LogP contribution is 2.33. The van der Waals surface area contributed by atoms with E-state index in [0.29, 0.717) is 19.6 Å². The lowest BCUT2D eigenvalue weighted by Gasteiger charge is -2.34. The third-order valence-corrected chi connectivity index (χ3v) is 6.84. The number of nitrogens with zero attached hydrogens (tertiary/aromatic N) is 4. The summed E-state index contributed by atoms with van der Waals surface area (Å²) < 4.78 is 7.32. The van der Waals surface area contributed by atoms with E-state index < -0.39 is 0 Å². The second kappa shape index (κ2) is 9.91. The van der Waals surface area contributed by atoms with Gasteiger partial charge in [-0.2, -0.15) is 5.10 Å². The van der Waals surface area contributed by atoms with E-state index in [1.807, 2.05) is 41.8 Å². The fourth-order valence-electron chi connectivity index (χ4n) is 4.82. The molecule has 0 bridgehead atoms. The number of aromatic nitrogens is 1. The van der Waals surface area contributed by atoms with Gasteiger partial charge in [0.1, 0.15) is 12.1 Å². The molecule has 1 amide bonds. The minimum Gasteiger partial charge on any atom is -0.465 e. The molecule has 2 aliphatic heterocycles. The van der Waals surface area contributed by atoms with Crippen molar-refractivity contribution in [2.45, 2.75) is 58.5 Å². The van der Waals surface area contributed by atoms with Gasteiger partial charge in [-0.1, -0.05) is 18.6 Å². The quantitative estimate of drug-likeness (QED) is 0.629. The lowest BCUT2D eigenvalue weighted by atomic mass is 9.98. The highest BCUT2D eigenvalue weighted by molar-refractivity contribution is 6.03. The van der Waals surface area contributed by atoms with Crippen LogP contribution < -0.4 is 0 Å². The second-order valence-electron chi connectivity index (χ2n) is 9.08. The molecule has 33 heavy (non-hydrogen) atoms. The first-order chi connectivity index (χ1) is 15.9. The van der Waals surface area contributed by atoms with E-state index in [4.69, 9.17) is 9.84 Å². The largest absolute Gasteiger partial charge is 0.465 e. The van der Waals surface area contributed by atoms with Crippen LogP contribution in [0.4, 0.5) is 0 Å². The van der Waals surface area contributed by atoms with Crippen LogP contribution in [0.5, 0.6) is 0 Å². The molecule has 0 saturated carbocycles. The van der Waals surface area contributed by atoms with E-state index in [1.165, 1.54) is 11.1 Å². The maximum Gasteiger partial charge on any atom is 0.323 e. The van der Waals surface area contributed by atoms with E-state index in [9.17, 15) is 9.59 Å². The standard InChI is InChI=1S/C26H34N4O3/c1-5-33-26(32)23-9-6-7-14-29(23)17-25(31)30-24(22-10-8-13-28(22)4)16-21(27-30)20-12-11-18(2)19(3)15-20/h8,10-13,15,23-24H,5-7,9,14,16-17H2,1-4H3. The molecule has 4 rings (SSSR count). The van der Waals surface area contributed by atoms with E-state index >= 15 is 0 Å². The maximum absolute atomic E-state index is 13.6. The molecular formula is C26H34N4O3. The highest BCUT2D eigenvalue weighted by atomic mass is 16.5. The third-order valence-electron chi connectivity index (χ3n) is 6.84. The van der Waals surface area contributed by atoms with Gasteiger partial charge in [-0.3, -0.25) is 14.5 Å². The summed E-state index contributed by atoms with van der Waals surface area (Å²) in [5.41, 5.74) is 5.46. The molecule has 1 aromatic carbocycles. The van der Waals surface area contributed by atoms with Crippen molar-refractivity contribution in [2.24, 2.45) is 12.1 Å². The van der Waals surface area contributed by atoms with Crippen molar-refractivity contribution in [2.75, 3.05) is 19.7 Å². The Balaban J connectivity index is 1.60. The Morgan fingerprint density at radius 3 is 2.67 bits per heavy atom. The van der Waals surface area contributed by atoms with Gasteiger partial charge in [0.15, 0.2) is 0 Å². The van der Waals surface area contributed by atoms with Crippen molar-refractivity contribution in [1.82, 2.24) is 14.5 Å². The molecular weight excluding hydrogens is 416 g/mol. The number of piperidine rings is 1. The summed E-state index contributed by atoms with van der Waals surface area (Å²) in [6.07, 6.45) is 5.33. The van der Waals surface area contributed by atoms with E-state index in [0.717, 1.165) is 36.2 Å². The summed E-state index contributed by atoms with van der Waals surface area (Å²) in [5, 5.41) is 6.46. The van der Waals surface area contributed by atoms with Crippen LogP contribution in [0.1, 0.15) is 61.0 Å². The van der Waals surface area contributed by atoms with Crippen LogP contribution >= 0.6 is 0 Å². The monoisotopic (exact) mass is 450 g/mol. The fourth-order valence-corrected chi connectivity index (χ4v) is 4.82. The van der Waals surface area contributed by atoms with Gasteiger partial charge in [0.25, 0.3) is 5.91 Å². The number of hydrogen-bond acceptors (Lipinski definition) is 5.